The van der Waals surface area contributed by atoms with Crippen LogP contribution < -0.4 is 5.32 Å². The van der Waals surface area contributed by atoms with Gasteiger partial charge in [-0.1, -0.05) is 50.1 Å². The van der Waals surface area contributed by atoms with Crippen LogP contribution in [0.3, 0.4) is 0 Å². The van der Waals surface area contributed by atoms with Crippen molar-refractivity contribution in [1.82, 2.24) is 10.2 Å². The maximum absolute atomic E-state index is 12.2. The maximum Gasteiger partial charge on any atom is 0.246 e. The quantitative estimate of drug-likeness (QED) is 0.617. The van der Waals surface area contributed by atoms with E-state index in [4.69, 9.17) is 0 Å². The van der Waals surface area contributed by atoms with Gasteiger partial charge in [0.2, 0.25) is 11.8 Å². The Morgan fingerprint density at radius 2 is 1.88 bits per heavy atom. The first-order valence-electron chi connectivity index (χ1n) is 9.00. The van der Waals surface area contributed by atoms with Gasteiger partial charge in [-0.2, -0.15) is 0 Å². The van der Waals surface area contributed by atoms with Crippen LogP contribution in [-0.4, -0.2) is 36.3 Å². The first-order valence-corrected chi connectivity index (χ1v) is 9.00. The molecule has 0 spiro atoms. The largest absolute Gasteiger partial charge is 0.356 e. The number of nitrogens with one attached hydrogen (secondary N) is 1. The molecule has 0 radical (unpaired) electrons. The predicted octanol–water partition coefficient (Wildman–Crippen LogP) is 3.24. The van der Waals surface area contributed by atoms with E-state index in [1.807, 2.05) is 41.3 Å². The van der Waals surface area contributed by atoms with E-state index in [0.29, 0.717) is 13.1 Å². The zero-order valence-electron chi connectivity index (χ0n) is 14.5. The molecule has 0 aliphatic carbocycles. The fraction of sp³-hybridized carbons (Fsp3) is 0.500. The highest BCUT2D eigenvalue weighted by atomic mass is 16.2. The van der Waals surface area contributed by atoms with Crippen molar-refractivity contribution in [2.45, 2.75) is 39.0 Å². The van der Waals surface area contributed by atoms with E-state index < -0.39 is 0 Å². The zero-order valence-corrected chi connectivity index (χ0v) is 14.5. The second-order valence-electron chi connectivity index (χ2n) is 6.34. The Morgan fingerprint density at radius 3 is 2.54 bits per heavy atom. The Labute approximate surface area is 144 Å². The number of rotatable bonds is 7. The summed E-state index contributed by atoms with van der Waals surface area (Å²) in [4.78, 5) is 26.2. The van der Waals surface area contributed by atoms with Crippen molar-refractivity contribution in [3.63, 3.8) is 0 Å². The second-order valence-corrected chi connectivity index (χ2v) is 6.34. The minimum absolute atomic E-state index is 0.0284. The molecule has 1 heterocycles. The summed E-state index contributed by atoms with van der Waals surface area (Å²) in [5, 5.41) is 3.02. The van der Waals surface area contributed by atoms with E-state index in [1.165, 1.54) is 0 Å². The molecule has 2 amide bonds. The van der Waals surface area contributed by atoms with Gasteiger partial charge in [0.1, 0.15) is 0 Å². The van der Waals surface area contributed by atoms with E-state index in [9.17, 15) is 9.59 Å². The fourth-order valence-electron chi connectivity index (χ4n) is 2.93. The molecule has 24 heavy (non-hydrogen) atoms. The molecule has 1 N–H and O–H groups in total. The monoisotopic (exact) mass is 328 g/mol. The average Bonchev–Trinajstić information content (AvgIpc) is 2.64. The number of hydrogen-bond acceptors (Lipinski definition) is 2. The standard InChI is InChI=1S/C20H28N2O2/c1-2-3-7-14-21-20(24)18-12-15-22(16-13-18)19(23)11-10-17-8-5-4-6-9-17/h4-6,8-11,18H,2-3,7,12-16H2,1H3,(H,21,24). The van der Waals surface area contributed by atoms with Crippen molar-refractivity contribution in [3.8, 4) is 0 Å². The Bertz CT molecular complexity index is 546. The molecule has 1 fully saturated rings. The highest BCUT2D eigenvalue weighted by molar-refractivity contribution is 5.92. The van der Waals surface area contributed by atoms with Gasteiger partial charge >= 0.3 is 0 Å². The molecule has 0 atom stereocenters. The van der Waals surface area contributed by atoms with Crippen molar-refractivity contribution in [1.29, 1.82) is 0 Å². The number of amides is 2. The molecule has 1 aliphatic rings. The van der Waals surface area contributed by atoms with E-state index in [1.54, 1.807) is 6.08 Å². The van der Waals surface area contributed by atoms with Crippen LogP contribution in [0.5, 0.6) is 0 Å². The van der Waals surface area contributed by atoms with Crippen molar-refractivity contribution < 1.29 is 9.59 Å². The lowest BCUT2D eigenvalue weighted by atomic mass is 9.95. The molecular weight excluding hydrogens is 300 g/mol. The summed E-state index contributed by atoms with van der Waals surface area (Å²) in [7, 11) is 0. The molecule has 1 aromatic rings. The summed E-state index contributed by atoms with van der Waals surface area (Å²) in [5.74, 6) is 0.229. The third kappa shape index (κ3) is 5.84. The molecule has 1 aromatic carbocycles. The number of unbranched alkanes of at least 4 members (excludes halogenated alkanes) is 2. The lowest BCUT2D eigenvalue weighted by Crippen LogP contribution is -2.42. The molecule has 130 valence electrons. The number of piperidine rings is 1. The summed E-state index contributed by atoms with van der Waals surface area (Å²) in [6, 6.07) is 9.80. The molecule has 0 saturated carbocycles. The smallest absolute Gasteiger partial charge is 0.246 e. The first kappa shape index (κ1) is 18.2. The maximum atomic E-state index is 12.2. The highest BCUT2D eigenvalue weighted by Crippen LogP contribution is 2.18. The van der Waals surface area contributed by atoms with Crippen LogP contribution in [0.4, 0.5) is 0 Å². The van der Waals surface area contributed by atoms with Gasteiger partial charge in [0, 0.05) is 31.6 Å². The van der Waals surface area contributed by atoms with E-state index in [0.717, 1.165) is 44.2 Å². The number of likely N-dealkylation sites (tertiary alicyclic amines) is 1. The lowest BCUT2D eigenvalue weighted by molar-refractivity contribution is -0.132. The minimum Gasteiger partial charge on any atom is -0.356 e. The summed E-state index contributed by atoms with van der Waals surface area (Å²) in [6.45, 7) is 4.24. The predicted molar refractivity (Wildman–Crippen MR) is 97.3 cm³/mol. The Balaban J connectivity index is 1.72. The number of carbonyl (C=O) groups excluding carboxylic acids is 2. The van der Waals surface area contributed by atoms with Gasteiger partial charge in [-0.15, -0.1) is 0 Å². The molecule has 0 bridgehead atoms. The number of carbonyl (C=O) groups is 2. The summed E-state index contributed by atoms with van der Waals surface area (Å²) in [6.07, 6.45) is 8.34. The van der Waals surface area contributed by atoms with Crippen LogP contribution in [0.25, 0.3) is 6.08 Å². The van der Waals surface area contributed by atoms with Crippen molar-refractivity contribution in [3.05, 3.63) is 42.0 Å². The van der Waals surface area contributed by atoms with Crippen molar-refractivity contribution in [2.75, 3.05) is 19.6 Å². The topological polar surface area (TPSA) is 49.4 Å². The summed E-state index contributed by atoms with van der Waals surface area (Å²) < 4.78 is 0. The number of nitrogens with zero attached hydrogens (tertiary/aromatic N) is 1. The fourth-order valence-corrected chi connectivity index (χ4v) is 2.93. The van der Waals surface area contributed by atoms with Gasteiger partial charge < -0.3 is 10.2 Å². The van der Waals surface area contributed by atoms with E-state index in [-0.39, 0.29) is 17.7 Å². The normalized spacial score (nSPS) is 15.6. The third-order valence-electron chi connectivity index (χ3n) is 4.47. The van der Waals surface area contributed by atoms with Crippen LogP contribution in [0, 0.1) is 5.92 Å². The van der Waals surface area contributed by atoms with Crippen LogP contribution >= 0.6 is 0 Å². The van der Waals surface area contributed by atoms with Crippen LogP contribution in [0.1, 0.15) is 44.6 Å². The number of benzene rings is 1. The lowest BCUT2D eigenvalue weighted by Gasteiger charge is -2.30. The Morgan fingerprint density at radius 1 is 1.17 bits per heavy atom. The SMILES string of the molecule is CCCCCNC(=O)C1CCN(C(=O)C=Cc2ccccc2)CC1. The second kappa shape index (κ2) is 9.91. The highest BCUT2D eigenvalue weighted by Gasteiger charge is 2.26. The van der Waals surface area contributed by atoms with E-state index in [2.05, 4.69) is 12.2 Å². The molecule has 4 heteroatoms. The molecule has 0 aromatic heterocycles. The minimum atomic E-state index is 0.0284. The van der Waals surface area contributed by atoms with Gasteiger partial charge in [-0.3, -0.25) is 9.59 Å². The van der Waals surface area contributed by atoms with Gasteiger partial charge in [-0.25, -0.2) is 0 Å². The van der Waals surface area contributed by atoms with Crippen molar-refractivity contribution in [2.24, 2.45) is 5.92 Å². The molecule has 1 aliphatic heterocycles. The molecule has 0 unspecified atom stereocenters. The zero-order chi connectivity index (χ0) is 17.2. The van der Waals surface area contributed by atoms with Gasteiger partial charge in [0.05, 0.1) is 0 Å². The Kier molecular flexibility index (Phi) is 7.53. The Hall–Kier alpha value is -2.10. The first-order chi connectivity index (χ1) is 11.7. The van der Waals surface area contributed by atoms with E-state index >= 15 is 0 Å². The summed E-state index contributed by atoms with van der Waals surface area (Å²) >= 11 is 0. The van der Waals surface area contributed by atoms with Gasteiger partial charge in [0.15, 0.2) is 0 Å². The van der Waals surface area contributed by atoms with Gasteiger partial charge in [0.25, 0.3) is 0 Å². The molecule has 2 rings (SSSR count). The van der Waals surface area contributed by atoms with Crippen LogP contribution in [0.15, 0.2) is 36.4 Å². The van der Waals surface area contributed by atoms with Crippen LogP contribution in [0.2, 0.25) is 0 Å². The molecule has 1 saturated heterocycles. The number of hydrogen-bond donors (Lipinski definition) is 1. The molecule has 4 nitrogen and oxygen atoms in total. The van der Waals surface area contributed by atoms with Crippen molar-refractivity contribution >= 4 is 17.9 Å². The molecular formula is C20H28N2O2. The van der Waals surface area contributed by atoms with Gasteiger partial charge in [-0.05, 0) is 30.9 Å². The van der Waals surface area contributed by atoms with Crippen LogP contribution in [-0.2, 0) is 9.59 Å². The summed E-state index contributed by atoms with van der Waals surface area (Å²) in [5.41, 5.74) is 1.02. The average molecular weight is 328 g/mol. The third-order valence-corrected chi connectivity index (χ3v) is 4.47.